The lowest BCUT2D eigenvalue weighted by Gasteiger charge is -2.31. The average Bonchev–Trinajstić information content (AvgIpc) is 2.87. The number of ether oxygens (including phenoxy) is 1. The van der Waals surface area contributed by atoms with Crippen LogP contribution in [0.3, 0.4) is 0 Å². The molecule has 104 valence electrons. The van der Waals surface area contributed by atoms with Crippen LogP contribution in [0.25, 0.3) is 0 Å². The summed E-state index contributed by atoms with van der Waals surface area (Å²) in [5, 5.41) is 19.9. The van der Waals surface area contributed by atoms with Gasteiger partial charge in [0.25, 0.3) is 0 Å². The number of hydrogen-bond acceptors (Lipinski definition) is 5. The monoisotopic (exact) mass is 281 g/mol. The summed E-state index contributed by atoms with van der Waals surface area (Å²) < 4.78 is 5.44. The van der Waals surface area contributed by atoms with Crippen molar-refractivity contribution in [3.05, 3.63) is 21.9 Å². The quantitative estimate of drug-likeness (QED) is 0.797. The standard InChI is InChI=1S/C14H19NO3S/c16-6-2-1-3-12-4-8-19-14(12)10-15-5-7-18-13(9-15)11-17/h4,8,13,16-17H,2,5-7,9-11H2. The molecule has 0 aromatic carbocycles. The van der Waals surface area contributed by atoms with E-state index in [1.807, 2.05) is 11.4 Å². The molecule has 1 aliphatic rings. The van der Waals surface area contributed by atoms with E-state index in [4.69, 9.17) is 14.9 Å². The zero-order valence-electron chi connectivity index (χ0n) is 10.8. The van der Waals surface area contributed by atoms with Gasteiger partial charge in [0.2, 0.25) is 0 Å². The topological polar surface area (TPSA) is 52.9 Å². The third-order valence-electron chi connectivity index (χ3n) is 3.00. The SMILES string of the molecule is OCCC#Cc1ccsc1CN1CCOC(CO)C1. The molecule has 5 heteroatoms. The lowest BCUT2D eigenvalue weighted by atomic mass is 10.2. The fraction of sp³-hybridized carbons (Fsp3) is 0.571. The van der Waals surface area contributed by atoms with Crippen LogP contribution in [0.15, 0.2) is 11.4 Å². The summed E-state index contributed by atoms with van der Waals surface area (Å²) in [7, 11) is 0. The first-order chi connectivity index (χ1) is 9.33. The van der Waals surface area contributed by atoms with Gasteiger partial charge in [0.1, 0.15) is 0 Å². The van der Waals surface area contributed by atoms with Gasteiger partial charge < -0.3 is 14.9 Å². The molecule has 0 saturated carbocycles. The van der Waals surface area contributed by atoms with Crippen molar-refractivity contribution < 1.29 is 14.9 Å². The Balaban J connectivity index is 1.96. The first kappa shape index (κ1) is 14.5. The second-order valence-corrected chi connectivity index (χ2v) is 5.44. The Morgan fingerprint density at radius 3 is 3.16 bits per heavy atom. The van der Waals surface area contributed by atoms with Crippen molar-refractivity contribution in [2.24, 2.45) is 0 Å². The summed E-state index contributed by atoms with van der Waals surface area (Å²) in [5.74, 6) is 6.06. The molecule has 2 heterocycles. The van der Waals surface area contributed by atoms with Gasteiger partial charge in [-0.1, -0.05) is 11.8 Å². The van der Waals surface area contributed by atoms with E-state index in [1.54, 1.807) is 11.3 Å². The molecule has 19 heavy (non-hydrogen) atoms. The Morgan fingerprint density at radius 1 is 1.47 bits per heavy atom. The van der Waals surface area contributed by atoms with E-state index >= 15 is 0 Å². The fourth-order valence-corrected chi connectivity index (χ4v) is 2.90. The van der Waals surface area contributed by atoms with E-state index in [0.717, 1.165) is 25.2 Å². The highest BCUT2D eigenvalue weighted by Crippen LogP contribution is 2.19. The first-order valence-electron chi connectivity index (χ1n) is 6.44. The van der Waals surface area contributed by atoms with Gasteiger partial charge in [-0.05, 0) is 11.4 Å². The Morgan fingerprint density at radius 2 is 2.37 bits per heavy atom. The third kappa shape index (κ3) is 4.30. The molecular formula is C14H19NO3S. The number of morpholine rings is 1. The van der Waals surface area contributed by atoms with Crippen molar-refractivity contribution in [2.75, 3.05) is 32.9 Å². The van der Waals surface area contributed by atoms with Crippen LogP contribution in [-0.4, -0.2) is 54.1 Å². The summed E-state index contributed by atoms with van der Waals surface area (Å²) >= 11 is 1.70. The zero-order valence-corrected chi connectivity index (χ0v) is 11.7. The van der Waals surface area contributed by atoms with Gasteiger partial charge in [0.15, 0.2) is 0 Å². The predicted molar refractivity (Wildman–Crippen MR) is 75.0 cm³/mol. The minimum absolute atomic E-state index is 0.0716. The maximum absolute atomic E-state index is 9.14. The fourth-order valence-electron chi connectivity index (χ4n) is 2.03. The van der Waals surface area contributed by atoms with Crippen LogP contribution in [0.1, 0.15) is 16.9 Å². The van der Waals surface area contributed by atoms with Crippen molar-refractivity contribution in [2.45, 2.75) is 19.1 Å². The third-order valence-corrected chi connectivity index (χ3v) is 3.90. The molecule has 1 atom stereocenters. The molecular weight excluding hydrogens is 262 g/mol. The van der Waals surface area contributed by atoms with Crippen molar-refractivity contribution >= 4 is 11.3 Å². The van der Waals surface area contributed by atoms with Gasteiger partial charge >= 0.3 is 0 Å². The van der Waals surface area contributed by atoms with Gasteiger partial charge in [0, 0.05) is 36.5 Å². The van der Waals surface area contributed by atoms with Crippen molar-refractivity contribution in [1.29, 1.82) is 0 Å². The maximum atomic E-state index is 9.14. The molecule has 4 nitrogen and oxygen atoms in total. The van der Waals surface area contributed by atoms with Gasteiger partial charge in [-0.15, -0.1) is 11.3 Å². The van der Waals surface area contributed by atoms with Gasteiger partial charge in [-0.3, -0.25) is 4.90 Å². The van der Waals surface area contributed by atoms with Crippen LogP contribution in [0.2, 0.25) is 0 Å². The molecule has 0 aliphatic carbocycles. The molecule has 0 bridgehead atoms. The highest BCUT2D eigenvalue weighted by atomic mass is 32.1. The van der Waals surface area contributed by atoms with Gasteiger partial charge in [-0.25, -0.2) is 0 Å². The summed E-state index contributed by atoms with van der Waals surface area (Å²) in [6.45, 7) is 3.34. The van der Waals surface area contributed by atoms with Crippen molar-refractivity contribution in [1.82, 2.24) is 4.90 Å². The van der Waals surface area contributed by atoms with E-state index in [-0.39, 0.29) is 19.3 Å². The van der Waals surface area contributed by atoms with E-state index < -0.39 is 0 Å². The largest absolute Gasteiger partial charge is 0.395 e. The summed E-state index contributed by atoms with van der Waals surface area (Å²) in [6, 6.07) is 2.02. The Hall–Kier alpha value is -0.900. The number of hydrogen-bond donors (Lipinski definition) is 2. The van der Waals surface area contributed by atoms with Crippen LogP contribution >= 0.6 is 11.3 Å². The molecule has 1 fully saturated rings. The Kier molecular flexibility index (Phi) is 5.83. The molecule has 1 aliphatic heterocycles. The number of aliphatic hydroxyl groups excluding tert-OH is 2. The number of thiophene rings is 1. The van der Waals surface area contributed by atoms with E-state index in [1.165, 1.54) is 4.88 Å². The first-order valence-corrected chi connectivity index (χ1v) is 7.32. The lowest BCUT2D eigenvalue weighted by Crippen LogP contribution is -2.43. The highest BCUT2D eigenvalue weighted by molar-refractivity contribution is 7.10. The number of rotatable bonds is 4. The van der Waals surface area contributed by atoms with E-state index in [9.17, 15) is 0 Å². The van der Waals surface area contributed by atoms with Crippen LogP contribution in [0.4, 0.5) is 0 Å². The van der Waals surface area contributed by atoms with E-state index in [0.29, 0.717) is 13.0 Å². The Labute approximate surface area is 117 Å². The van der Waals surface area contributed by atoms with Crippen molar-refractivity contribution in [3.8, 4) is 11.8 Å². The molecule has 1 aromatic rings. The molecule has 1 saturated heterocycles. The molecule has 0 radical (unpaired) electrons. The minimum atomic E-state index is -0.0716. The number of aliphatic hydroxyl groups is 2. The van der Waals surface area contributed by atoms with Gasteiger partial charge in [-0.2, -0.15) is 0 Å². The molecule has 0 spiro atoms. The van der Waals surface area contributed by atoms with Crippen LogP contribution in [0, 0.1) is 11.8 Å². The minimum Gasteiger partial charge on any atom is -0.395 e. The smallest absolute Gasteiger partial charge is 0.0933 e. The highest BCUT2D eigenvalue weighted by Gasteiger charge is 2.20. The Bertz CT molecular complexity index is 449. The molecule has 0 amide bonds. The van der Waals surface area contributed by atoms with Crippen LogP contribution < -0.4 is 0 Å². The van der Waals surface area contributed by atoms with Crippen molar-refractivity contribution in [3.63, 3.8) is 0 Å². The summed E-state index contributed by atoms with van der Waals surface area (Å²) in [5.41, 5.74) is 1.05. The lowest BCUT2D eigenvalue weighted by molar-refractivity contribution is -0.0548. The van der Waals surface area contributed by atoms with E-state index in [2.05, 4.69) is 16.7 Å². The van der Waals surface area contributed by atoms with Crippen LogP contribution in [0.5, 0.6) is 0 Å². The molecule has 1 unspecified atom stereocenters. The zero-order chi connectivity index (χ0) is 13.5. The number of nitrogens with zero attached hydrogens (tertiary/aromatic N) is 1. The van der Waals surface area contributed by atoms with Gasteiger partial charge in [0.05, 0.1) is 25.9 Å². The average molecular weight is 281 g/mol. The summed E-state index contributed by atoms with van der Waals surface area (Å²) in [4.78, 5) is 3.53. The summed E-state index contributed by atoms with van der Waals surface area (Å²) in [6.07, 6.45) is 0.442. The normalized spacial score (nSPS) is 20.0. The maximum Gasteiger partial charge on any atom is 0.0933 e. The second-order valence-electron chi connectivity index (χ2n) is 4.44. The second kappa shape index (κ2) is 7.63. The molecule has 2 N–H and O–H groups in total. The predicted octanol–water partition coefficient (Wildman–Crippen LogP) is 0.675. The van der Waals surface area contributed by atoms with Crippen LogP contribution in [-0.2, 0) is 11.3 Å². The molecule has 1 aromatic heterocycles. The molecule has 2 rings (SSSR count).